The molecule has 0 saturated carbocycles. The van der Waals surface area contributed by atoms with Gasteiger partial charge in [0.05, 0.1) is 35.3 Å². The second kappa shape index (κ2) is 7.94. The van der Waals surface area contributed by atoms with E-state index in [9.17, 15) is 10.1 Å². The first-order valence-corrected chi connectivity index (χ1v) is 9.07. The van der Waals surface area contributed by atoms with Crippen LogP contribution in [0.15, 0.2) is 95.4 Å². The minimum atomic E-state index is -0.413. The van der Waals surface area contributed by atoms with Gasteiger partial charge in [-0.1, -0.05) is 30.3 Å². The molecule has 0 atom stereocenters. The second-order valence-electron chi connectivity index (χ2n) is 6.47. The van der Waals surface area contributed by atoms with Crippen molar-refractivity contribution in [3.63, 3.8) is 0 Å². The van der Waals surface area contributed by atoms with Gasteiger partial charge in [0, 0.05) is 17.7 Å². The van der Waals surface area contributed by atoms with Gasteiger partial charge in [-0.2, -0.15) is 0 Å². The van der Waals surface area contributed by atoms with Gasteiger partial charge in [0.2, 0.25) is 0 Å². The molecule has 0 N–H and O–H groups in total. The molecule has 1 aromatic heterocycles. The summed E-state index contributed by atoms with van der Waals surface area (Å²) < 4.78 is 11.4. The standard InChI is InChI=1S/C24H18NO4/c1-28-22-13-9-19(10-14-22)24-16-20(17-5-3-2-4-6-17)15-23(29-24)18-7-11-21(12-8-18)25(26)27/h2-16H,1H3/q+1. The van der Waals surface area contributed by atoms with Gasteiger partial charge in [-0.05, 0) is 42.0 Å². The minimum absolute atomic E-state index is 0.0448. The summed E-state index contributed by atoms with van der Waals surface area (Å²) in [4.78, 5) is 10.5. The first kappa shape index (κ1) is 18.4. The van der Waals surface area contributed by atoms with E-state index in [1.165, 1.54) is 12.1 Å². The van der Waals surface area contributed by atoms with Gasteiger partial charge in [-0.15, -0.1) is 0 Å². The van der Waals surface area contributed by atoms with Crippen LogP contribution in [0.2, 0.25) is 0 Å². The lowest BCUT2D eigenvalue weighted by atomic mass is 10.0. The van der Waals surface area contributed by atoms with Crippen molar-refractivity contribution in [3.8, 4) is 39.5 Å². The van der Waals surface area contributed by atoms with Crippen LogP contribution in [0.4, 0.5) is 5.69 Å². The lowest BCUT2D eigenvalue weighted by Crippen LogP contribution is -1.89. The van der Waals surface area contributed by atoms with Crippen LogP contribution < -0.4 is 4.74 Å². The first-order valence-electron chi connectivity index (χ1n) is 9.07. The number of nitro benzene ring substituents is 1. The van der Waals surface area contributed by atoms with E-state index in [-0.39, 0.29) is 5.69 Å². The van der Waals surface area contributed by atoms with Gasteiger partial charge < -0.3 is 4.74 Å². The maximum absolute atomic E-state index is 11.0. The van der Waals surface area contributed by atoms with Gasteiger partial charge in [-0.25, -0.2) is 4.42 Å². The summed E-state index contributed by atoms with van der Waals surface area (Å²) in [6, 6.07) is 27.9. The van der Waals surface area contributed by atoms with E-state index in [4.69, 9.17) is 9.15 Å². The van der Waals surface area contributed by atoms with Crippen molar-refractivity contribution < 1.29 is 14.1 Å². The highest BCUT2D eigenvalue weighted by Crippen LogP contribution is 2.34. The SMILES string of the molecule is COc1ccc(-c2cc(-c3ccccc3)cc(-c3ccc([N+](=O)[O-])cc3)[o+]2)cc1. The molecule has 0 spiro atoms. The highest BCUT2D eigenvalue weighted by molar-refractivity contribution is 5.74. The molecule has 0 amide bonds. The average molecular weight is 384 g/mol. The van der Waals surface area contributed by atoms with E-state index >= 15 is 0 Å². The van der Waals surface area contributed by atoms with Gasteiger partial charge in [-0.3, -0.25) is 10.1 Å². The molecule has 4 aromatic rings. The van der Waals surface area contributed by atoms with Crippen LogP contribution in [-0.2, 0) is 0 Å². The zero-order valence-electron chi connectivity index (χ0n) is 15.7. The molecule has 0 bridgehead atoms. The van der Waals surface area contributed by atoms with Gasteiger partial charge in [0.25, 0.3) is 5.69 Å². The molecule has 0 radical (unpaired) electrons. The third kappa shape index (κ3) is 3.99. The average Bonchev–Trinajstić information content (AvgIpc) is 2.79. The third-order valence-electron chi connectivity index (χ3n) is 4.64. The first-order chi connectivity index (χ1) is 14.1. The van der Waals surface area contributed by atoms with Crippen molar-refractivity contribution in [1.82, 2.24) is 0 Å². The normalized spacial score (nSPS) is 10.5. The predicted octanol–water partition coefficient (Wildman–Crippen LogP) is 6.48. The van der Waals surface area contributed by atoms with Crippen molar-refractivity contribution in [1.29, 1.82) is 0 Å². The lowest BCUT2D eigenvalue weighted by Gasteiger charge is -2.03. The Balaban J connectivity index is 1.84. The molecule has 29 heavy (non-hydrogen) atoms. The molecular formula is C24H18NO4+. The third-order valence-corrected chi connectivity index (χ3v) is 4.64. The van der Waals surface area contributed by atoms with Crippen molar-refractivity contribution >= 4 is 5.69 Å². The maximum Gasteiger partial charge on any atom is 0.361 e. The molecule has 5 nitrogen and oxygen atoms in total. The molecule has 0 fully saturated rings. The monoisotopic (exact) mass is 384 g/mol. The van der Waals surface area contributed by atoms with Crippen LogP contribution in [0.1, 0.15) is 0 Å². The molecule has 142 valence electrons. The zero-order chi connectivity index (χ0) is 20.2. The Morgan fingerprint density at radius 2 is 1.28 bits per heavy atom. The van der Waals surface area contributed by atoms with Crippen molar-refractivity contribution in [2.75, 3.05) is 7.11 Å². The highest BCUT2D eigenvalue weighted by atomic mass is 16.6. The number of rotatable bonds is 5. The number of ether oxygens (including phenoxy) is 1. The van der Waals surface area contributed by atoms with Crippen LogP contribution >= 0.6 is 0 Å². The van der Waals surface area contributed by atoms with Crippen LogP contribution in [-0.4, -0.2) is 12.0 Å². The summed E-state index contributed by atoms with van der Waals surface area (Å²) in [7, 11) is 1.63. The summed E-state index contributed by atoms with van der Waals surface area (Å²) in [5.74, 6) is 2.10. The van der Waals surface area contributed by atoms with E-state index in [1.54, 1.807) is 19.2 Å². The fraction of sp³-hybridized carbons (Fsp3) is 0.0417. The van der Waals surface area contributed by atoms with Crippen molar-refractivity contribution in [2.24, 2.45) is 0 Å². The Kier molecular flexibility index (Phi) is 5.03. The molecule has 0 saturated heterocycles. The molecule has 0 aliphatic heterocycles. The van der Waals surface area contributed by atoms with Crippen LogP contribution in [0.25, 0.3) is 33.8 Å². The topological polar surface area (TPSA) is 63.7 Å². The van der Waals surface area contributed by atoms with Crippen molar-refractivity contribution in [2.45, 2.75) is 0 Å². The Morgan fingerprint density at radius 1 is 0.724 bits per heavy atom. The number of hydrogen-bond donors (Lipinski definition) is 0. The molecule has 1 heterocycles. The second-order valence-corrected chi connectivity index (χ2v) is 6.47. The predicted molar refractivity (Wildman–Crippen MR) is 113 cm³/mol. The molecule has 5 heteroatoms. The van der Waals surface area contributed by atoms with Gasteiger partial charge >= 0.3 is 11.5 Å². The van der Waals surface area contributed by atoms with Crippen LogP contribution in [0, 0.1) is 10.1 Å². The molecule has 4 rings (SSSR count). The Hall–Kier alpha value is -3.99. The molecular weight excluding hydrogens is 366 g/mol. The molecule has 0 unspecified atom stereocenters. The quantitative estimate of drug-likeness (QED) is 0.224. The molecule has 0 aliphatic rings. The van der Waals surface area contributed by atoms with E-state index in [0.29, 0.717) is 11.5 Å². The summed E-state index contributed by atoms with van der Waals surface area (Å²) in [6.07, 6.45) is 0. The lowest BCUT2D eigenvalue weighted by molar-refractivity contribution is -0.384. The number of nitro groups is 1. The van der Waals surface area contributed by atoms with Gasteiger partial charge in [0.1, 0.15) is 5.75 Å². The summed E-state index contributed by atoms with van der Waals surface area (Å²) >= 11 is 0. The summed E-state index contributed by atoms with van der Waals surface area (Å²) in [5.41, 5.74) is 3.77. The Labute approximate surface area is 168 Å². The maximum atomic E-state index is 11.0. The fourth-order valence-corrected chi connectivity index (χ4v) is 3.09. The van der Waals surface area contributed by atoms with Crippen LogP contribution in [0.5, 0.6) is 5.75 Å². The number of benzene rings is 3. The molecule has 0 aliphatic carbocycles. The van der Waals surface area contributed by atoms with Gasteiger partial charge in [0.15, 0.2) is 0 Å². The summed E-state index contributed by atoms with van der Waals surface area (Å²) in [6.45, 7) is 0. The van der Waals surface area contributed by atoms with E-state index in [0.717, 1.165) is 28.0 Å². The Morgan fingerprint density at radius 3 is 1.79 bits per heavy atom. The Bertz CT molecular complexity index is 1140. The molecule has 3 aromatic carbocycles. The number of non-ortho nitro benzene ring substituents is 1. The van der Waals surface area contributed by atoms with E-state index in [2.05, 4.69) is 0 Å². The van der Waals surface area contributed by atoms with Crippen LogP contribution in [0.3, 0.4) is 0 Å². The largest absolute Gasteiger partial charge is 0.497 e. The minimum Gasteiger partial charge on any atom is -0.497 e. The number of nitrogens with zero attached hydrogens (tertiary/aromatic N) is 1. The zero-order valence-corrected chi connectivity index (χ0v) is 15.7. The number of methoxy groups -OCH3 is 1. The fourth-order valence-electron chi connectivity index (χ4n) is 3.09. The van der Waals surface area contributed by atoms with E-state index < -0.39 is 4.92 Å². The smallest absolute Gasteiger partial charge is 0.361 e. The highest BCUT2D eigenvalue weighted by Gasteiger charge is 2.21. The van der Waals surface area contributed by atoms with E-state index in [1.807, 2.05) is 66.7 Å². The number of hydrogen-bond acceptors (Lipinski definition) is 3. The van der Waals surface area contributed by atoms with Crippen molar-refractivity contribution in [3.05, 3.63) is 101 Å². The summed E-state index contributed by atoms with van der Waals surface area (Å²) in [5, 5.41) is 11.0.